The molecule has 1 aromatic heterocycles. The molecule has 4 nitrogen and oxygen atoms in total. The topological polar surface area (TPSA) is 80.0 Å². The van der Waals surface area contributed by atoms with Crippen LogP contribution in [0.5, 0.6) is 0 Å². The van der Waals surface area contributed by atoms with E-state index in [-0.39, 0.29) is 5.57 Å². The second-order valence-electron chi connectivity index (χ2n) is 3.60. The van der Waals surface area contributed by atoms with Crippen molar-refractivity contribution in [2.45, 2.75) is 0 Å². The van der Waals surface area contributed by atoms with Gasteiger partial charge in [-0.05, 0) is 12.1 Å². The molecular formula is C14H10N2O2. The highest BCUT2D eigenvalue weighted by atomic mass is 16.3. The van der Waals surface area contributed by atoms with Gasteiger partial charge in [0.15, 0.2) is 0 Å². The molecule has 0 radical (unpaired) electrons. The molecule has 1 heterocycles. The molecule has 0 spiro atoms. The van der Waals surface area contributed by atoms with Crippen molar-refractivity contribution < 1.29 is 9.21 Å². The molecular weight excluding hydrogens is 228 g/mol. The van der Waals surface area contributed by atoms with Crippen LogP contribution in [0.25, 0.3) is 17.4 Å². The molecule has 4 heteroatoms. The lowest BCUT2D eigenvalue weighted by molar-refractivity contribution is -0.114. The maximum Gasteiger partial charge on any atom is 0.259 e. The van der Waals surface area contributed by atoms with Crippen LogP contribution in [0.15, 0.2) is 52.5 Å². The zero-order valence-corrected chi connectivity index (χ0v) is 9.46. The molecule has 88 valence electrons. The third-order valence-electron chi connectivity index (χ3n) is 2.36. The van der Waals surface area contributed by atoms with Crippen LogP contribution in [-0.2, 0) is 4.79 Å². The van der Waals surface area contributed by atoms with E-state index in [0.29, 0.717) is 11.5 Å². The summed E-state index contributed by atoms with van der Waals surface area (Å²) in [5, 5.41) is 8.72. The molecule has 0 aliphatic rings. The van der Waals surface area contributed by atoms with Gasteiger partial charge in [0.25, 0.3) is 5.91 Å². The normalized spacial score (nSPS) is 10.9. The van der Waals surface area contributed by atoms with E-state index in [4.69, 9.17) is 15.4 Å². The van der Waals surface area contributed by atoms with Gasteiger partial charge in [-0.15, -0.1) is 0 Å². The second kappa shape index (κ2) is 5.02. The Morgan fingerprint density at radius 3 is 2.56 bits per heavy atom. The van der Waals surface area contributed by atoms with Gasteiger partial charge in [-0.2, -0.15) is 5.26 Å². The predicted molar refractivity (Wildman–Crippen MR) is 66.9 cm³/mol. The van der Waals surface area contributed by atoms with Gasteiger partial charge in [0.1, 0.15) is 23.2 Å². The minimum Gasteiger partial charge on any atom is -0.457 e. The molecule has 1 amide bonds. The quantitative estimate of drug-likeness (QED) is 0.658. The fourth-order valence-corrected chi connectivity index (χ4v) is 1.49. The number of primary amides is 1. The summed E-state index contributed by atoms with van der Waals surface area (Å²) in [5.74, 6) is 0.322. The maximum atomic E-state index is 10.9. The number of hydrogen-bond donors (Lipinski definition) is 1. The number of nitrogens with zero attached hydrogens (tertiary/aromatic N) is 1. The van der Waals surface area contributed by atoms with E-state index in [1.165, 1.54) is 6.08 Å². The number of nitrogens with two attached hydrogens (primary N) is 1. The van der Waals surface area contributed by atoms with Crippen LogP contribution >= 0.6 is 0 Å². The third-order valence-corrected chi connectivity index (χ3v) is 2.36. The number of carbonyl (C=O) groups excluding carboxylic acids is 1. The predicted octanol–water partition coefficient (Wildman–Crippen LogP) is 2.34. The molecule has 18 heavy (non-hydrogen) atoms. The van der Waals surface area contributed by atoms with E-state index < -0.39 is 5.91 Å². The number of rotatable bonds is 3. The van der Waals surface area contributed by atoms with Crippen molar-refractivity contribution in [2.24, 2.45) is 5.73 Å². The van der Waals surface area contributed by atoms with Crippen molar-refractivity contribution in [3.8, 4) is 17.4 Å². The van der Waals surface area contributed by atoms with Crippen LogP contribution in [0.3, 0.4) is 0 Å². The molecule has 0 aliphatic heterocycles. The minimum atomic E-state index is -0.768. The van der Waals surface area contributed by atoms with E-state index in [1.807, 2.05) is 30.3 Å². The Morgan fingerprint density at radius 2 is 1.94 bits per heavy atom. The number of amides is 1. The smallest absolute Gasteiger partial charge is 0.259 e. The Balaban J connectivity index is 2.33. The fraction of sp³-hybridized carbons (Fsp3) is 0. The first-order valence-corrected chi connectivity index (χ1v) is 5.27. The first-order chi connectivity index (χ1) is 8.70. The molecule has 0 saturated heterocycles. The Hall–Kier alpha value is -2.80. The van der Waals surface area contributed by atoms with Gasteiger partial charge in [-0.1, -0.05) is 30.3 Å². The van der Waals surface area contributed by atoms with E-state index in [1.54, 1.807) is 18.2 Å². The molecule has 1 aromatic carbocycles. The third kappa shape index (κ3) is 2.47. The molecule has 0 saturated carbocycles. The molecule has 0 atom stereocenters. The van der Waals surface area contributed by atoms with Crippen LogP contribution in [-0.4, -0.2) is 5.91 Å². The van der Waals surface area contributed by atoms with Crippen molar-refractivity contribution in [3.05, 3.63) is 53.8 Å². The average molecular weight is 238 g/mol. The Bertz CT molecular complexity index is 633. The van der Waals surface area contributed by atoms with Gasteiger partial charge in [0.2, 0.25) is 0 Å². The Kier molecular flexibility index (Phi) is 3.26. The fourth-order valence-electron chi connectivity index (χ4n) is 1.49. The summed E-state index contributed by atoms with van der Waals surface area (Å²) >= 11 is 0. The van der Waals surface area contributed by atoms with Crippen LogP contribution in [0.1, 0.15) is 5.76 Å². The van der Waals surface area contributed by atoms with Gasteiger partial charge in [-0.25, -0.2) is 0 Å². The van der Waals surface area contributed by atoms with Crippen molar-refractivity contribution in [3.63, 3.8) is 0 Å². The SMILES string of the molecule is N#CC(=Cc1ccc(-c2ccccc2)o1)C(N)=O. The summed E-state index contributed by atoms with van der Waals surface area (Å²) in [5.41, 5.74) is 5.83. The van der Waals surface area contributed by atoms with Crippen molar-refractivity contribution in [1.82, 2.24) is 0 Å². The molecule has 0 fully saturated rings. The van der Waals surface area contributed by atoms with E-state index in [2.05, 4.69) is 0 Å². The van der Waals surface area contributed by atoms with E-state index in [0.717, 1.165) is 5.56 Å². The van der Waals surface area contributed by atoms with Crippen LogP contribution in [0, 0.1) is 11.3 Å². The summed E-state index contributed by atoms with van der Waals surface area (Å²) < 4.78 is 5.52. The van der Waals surface area contributed by atoms with Gasteiger partial charge in [-0.3, -0.25) is 4.79 Å². The highest BCUT2D eigenvalue weighted by molar-refractivity contribution is 6.00. The van der Waals surface area contributed by atoms with Gasteiger partial charge in [0, 0.05) is 11.6 Å². The first-order valence-electron chi connectivity index (χ1n) is 5.27. The second-order valence-corrected chi connectivity index (χ2v) is 3.60. The molecule has 2 rings (SSSR count). The lowest BCUT2D eigenvalue weighted by atomic mass is 10.2. The number of furan rings is 1. The zero-order valence-electron chi connectivity index (χ0n) is 9.46. The van der Waals surface area contributed by atoms with Crippen molar-refractivity contribution in [2.75, 3.05) is 0 Å². The number of hydrogen-bond acceptors (Lipinski definition) is 3. The van der Waals surface area contributed by atoms with Crippen LogP contribution in [0.2, 0.25) is 0 Å². The van der Waals surface area contributed by atoms with Crippen molar-refractivity contribution >= 4 is 12.0 Å². The summed E-state index contributed by atoms with van der Waals surface area (Å²) in [6.45, 7) is 0. The summed E-state index contributed by atoms with van der Waals surface area (Å²) in [7, 11) is 0. The van der Waals surface area contributed by atoms with Gasteiger partial charge >= 0.3 is 0 Å². The van der Waals surface area contributed by atoms with Gasteiger partial charge in [0.05, 0.1) is 0 Å². The summed E-state index contributed by atoms with van der Waals surface area (Å²) in [4.78, 5) is 10.9. The number of benzene rings is 1. The van der Waals surface area contributed by atoms with Crippen LogP contribution < -0.4 is 5.73 Å². The number of carbonyl (C=O) groups is 1. The largest absolute Gasteiger partial charge is 0.457 e. The zero-order chi connectivity index (χ0) is 13.0. The van der Waals surface area contributed by atoms with Gasteiger partial charge < -0.3 is 10.2 Å². The lowest BCUT2D eigenvalue weighted by Crippen LogP contribution is -2.12. The Morgan fingerprint density at radius 1 is 1.22 bits per heavy atom. The Labute approximate surface area is 104 Å². The molecule has 0 unspecified atom stereocenters. The summed E-state index contributed by atoms with van der Waals surface area (Å²) in [6, 6.07) is 14.7. The lowest BCUT2D eigenvalue weighted by Gasteiger charge is -1.95. The maximum absolute atomic E-state index is 10.9. The van der Waals surface area contributed by atoms with E-state index in [9.17, 15) is 4.79 Å². The van der Waals surface area contributed by atoms with Crippen LogP contribution in [0.4, 0.5) is 0 Å². The first kappa shape index (κ1) is 11.7. The molecule has 0 aliphatic carbocycles. The standard InChI is InChI=1S/C14H10N2O2/c15-9-11(14(16)17)8-12-6-7-13(18-12)10-4-2-1-3-5-10/h1-8H,(H2,16,17). The monoisotopic (exact) mass is 238 g/mol. The number of nitriles is 1. The average Bonchev–Trinajstić information content (AvgIpc) is 2.85. The highest BCUT2D eigenvalue weighted by Crippen LogP contribution is 2.22. The molecule has 0 bridgehead atoms. The van der Waals surface area contributed by atoms with E-state index >= 15 is 0 Å². The summed E-state index contributed by atoms with van der Waals surface area (Å²) in [6.07, 6.45) is 1.33. The highest BCUT2D eigenvalue weighted by Gasteiger charge is 2.07. The molecule has 2 N–H and O–H groups in total. The van der Waals surface area contributed by atoms with Crippen molar-refractivity contribution in [1.29, 1.82) is 5.26 Å². The minimum absolute atomic E-state index is 0.135. The molecule has 2 aromatic rings.